The van der Waals surface area contributed by atoms with E-state index in [2.05, 4.69) is 0 Å². The van der Waals surface area contributed by atoms with E-state index in [-0.39, 0.29) is 16.9 Å². The molecule has 2 heterocycles. The molecule has 0 N–H and O–H groups in total. The molecule has 2 aliphatic rings. The molecule has 2 saturated heterocycles. The van der Waals surface area contributed by atoms with Gasteiger partial charge >= 0.3 is 0 Å². The number of amides is 1. The van der Waals surface area contributed by atoms with Gasteiger partial charge < -0.3 is 9.64 Å². The van der Waals surface area contributed by atoms with Gasteiger partial charge in [-0.2, -0.15) is 0 Å². The van der Waals surface area contributed by atoms with Crippen LogP contribution in [0.2, 0.25) is 0 Å². The van der Waals surface area contributed by atoms with E-state index in [1.807, 2.05) is 11.8 Å². The Balaban J connectivity index is 1.94. The summed E-state index contributed by atoms with van der Waals surface area (Å²) >= 11 is 5.99. The Morgan fingerprint density at radius 1 is 1.50 bits per heavy atom. The van der Waals surface area contributed by atoms with Crippen LogP contribution in [0.3, 0.4) is 0 Å². The van der Waals surface area contributed by atoms with Gasteiger partial charge in [0.1, 0.15) is 5.38 Å². The maximum absolute atomic E-state index is 11.9. The molecule has 1 amide bonds. The Morgan fingerprint density at radius 2 is 2.31 bits per heavy atom. The van der Waals surface area contributed by atoms with Crippen LogP contribution >= 0.6 is 11.6 Å². The monoisotopic (exact) mass is 245 g/mol. The summed E-state index contributed by atoms with van der Waals surface area (Å²) in [6.07, 6.45) is 5.15. The van der Waals surface area contributed by atoms with Crippen molar-refractivity contribution in [2.24, 2.45) is 0 Å². The van der Waals surface area contributed by atoms with Crippen LogP contribution in [-0.2, 0) is 9.53 Å². The molecule has 0 aromatic rings. The van der Waals surface area contributed by atoms with Crippen LogP contribution in [0.5, 0.6) is 0 Å². The topological polar surface area (TPSA) is 29.5 Å². The Labute approximate surface area is 102 Å². The maximum atomic E-state index is 11.9. The Hall–Kier alpha value is -0.280. The van der Waals surface area contributed by atoms with E-state index in [1.165, 1.54) is 6.42 Å². The van der Waals surface area contributed by atoms with Crippen LogP contribution in [0.4, 0.5) is 0 Å². The van der Waals surface area contributed by atoms with E-state index in [0.717, 1.165) is 39.0 Å². The normalized spacial score (nSPS) is 32.0. The van der Waals surface area contributed by atoms with E-state index in [9.17, 15) is 4.79 Å². The van der Waals surface area contributed by atoms with Gasteiger partial charge in [0.05, 0.1) is 5.60 Å². The van der Waals surface area contributed by atoms with Crippen LogP contribution in [-0.4, -0.2) is 41.5 Å². The van der Waals surface area contributed by atoms with Gasteiger partial charge in [0.15, 0.2) is 0 Å². The first-order chi connectivity index (χ1) is 7.67. The number of likely N-dealkylation sites (tertiary alicyclic amines) is 1. The predicted molar refractivity (Wildman–Crippen MR) is 63.7 cm³/mol. The fourth-order valence-electron chi connectivity index (χ4n) is 2.64. The summed E-state index contributed by atoms with van der Waals surface area (Å²) in [5, 5.41) is -0.362. The molecule has 2 rings (SSSR count). The third-order valence-corrected chi connectivity index (χ3v) is 4.18. The number of alkyl halides is 1. The largest absolute Gasteiger partial charge is 0.373 e. The van der Waals surface area contributed by atoms with E-state index >= 15 is 0 Å². The first-order valence-electron chi connectivity index (χ1n) is 6.24. The van der Waals surface area contributed by atoms with Crippen molar-refractivity contribution in [3.63, 3.8) is 0 Å². The van der Waals surface area contributed by atoms with Gasteiger partial charge in [0.25, 0.3) is 0 Å². The Morgan fingerprint density at radius 3 is 2.94 bits per heavy atom. The Kier molecular flexibility index (Phi) is 3.75. The lowest BCUT2D eigenvalue weighted by Crippen LogP contribution is -2.42. The summed E-state index contributed by atoms with van der Waals surface area (Å²) in [5.41, 5.74) is -0.0434. The zero-order valence-corrected chi connectivity index (χ0v) is 10.6. The minimum absolute atomic E-state index is 0.0434. The van der Waals surface area contributed by atoms with E-state index in [0.29, 0.717) is 6.42 Å². The number of hydrogen-bond acceptors (Lipinski definition) is 2. The Bertz CT molecular complexity index is 264. The van der Waals surface area contributed by atoms with Crippen molar-refractivity contribution in [1.82, 2.24) is 4.90 Å². The SMILES string of the molecule is CC[C@H](Cl)C(=O)N1CC[C@]2(CCCCO2)C1. The van der Waals surface area contributed by atoms with Gasteiger partial charge in [0, 0.05) is 19.7 Å². The lowest BCUT2D eigenvalue weighted by Gasteiger charge is -2.33. The highest BCUT2D eigenvalue weighted by atomic mass is 35.5. The summed E-state index contributed by atoms with van der Waals surface area (Å²) < 4.78 is 5.88. The highest BCUT2D eigenvalue weighted by Gasteiger charge is 2.42. The molecule has 0 aliphatic carbocycles. The second-order valence-electron chi connectivity index (χ2n) is 4.87. The fraction of sp³-hybridized carbons (Fsp3) is 0.917. The molecule has 92 valence electrons. The number of ether oxygens (including phenoxy) is 1. The first kappa shape index (κ1) is 12.2. The van der Waals surface area contributed by atoms with Crippen LogP contribution in [0.15, 0.2) is 0 Å². The predicted octanol–water partition coefficient (Wildman–Crippen LogP) is 2.18. The number of nitrogens with zero attached hydrogens (tertiary/aromatic N) is 1. The summed E-state index contributed by atoms with van der Waals surface area (Å²) in [6, 6.07) is 0. The van der Waals surface area contributed by atoms with Crippen LogP contribution in [0.1, 0.15) is 39.0 Å². The van der Waals surface area contributed by atoms with Crippen LogP contribution in [0.25, 0.3) is 0 Å². The van der Waals surface area contributed by atoms with Gasteiger partial charge in [-0.25, -0.2) is 0 Å². The van der Waals surface area contributed by atoms with Gasteiger partial charge in [-0.3, -0.25) is 4.79 Å². The van der Waals surface area contributed by atoms with Crippen molar-refractivity contribution in [1.29, 1.82) is 0 Å². The van der Waals surface area contributed by atoms with Gasteiger partial charge in [0.2, 0.25) is 5.91 Å². The average molecular weight is 246 g/mol. The summed E-state index contributed by atoms with van der Waals surface area (Å²) in [5.74, 6) is 0.0789. The lowest BCUT2D eigenvalue weighted by molar-refractivity contribution is -0.132. The second-order valence-corrected chi connectivity index (χ2v) is 5.40. The van der Waals surface area contributed by atoms with Crippen molar-refractivity contribution in [2.45, 2.75) is 50.0 Å². The zero-order valence-electron chi connectivity index (χ0n) is 9.88. The third kappa shape index (κ3) is 2.35. The molecule has 16 heavy (non-hydrogen) atoms. The van der Waals surface area contributed by atoms with Crippen molar-refractivity contribution in [3.05, 3.63) is 0 Å². The molecule has 0 bridgehead atoms. The highest BCUT2D eigenvalue weighted by molar-refractivity contribution is 6.30. The van der Waals surface area contributed by atoms with Crippen LogP contribution in [0, 0.1) is 0 Å². The molecule has 0 aromatic heterocycles. The number of carbonyl (C=O) groups excluding carboxylic acids is 1. The molecule has 2 aliphatic heterocycles. The van der Waals surface area contributed by atoms with Crippen molar-refractivity contribution < 1.29 is 9.53 Å². The smallest absolute Gasteiger partial charge is 0.240 e. The molecule has 0 unspecified atom stereocenters. The molecule has 4 heteroatoms. The standard InChI is InChI=1S/C12H20ClNO2/c1-2-10(13)11(15)14-7-6-12(9-14)5-3-4-8-16-12/h10H,2-9H2,1H3/t10-,12+/m0/s1. The lowest BCUT2D eigenvalue weighted by atomic mass is 9.93. The fourth-order valence-corrected chi connectivity index (χ4v) is 2.78. The minimum atomic E-state index is -0.362. The first-order valence-corrected chi connectivity index (χ1v) is 6.67. The van der Waals surface area contributed by atoms with E-state index in [1.54, 1.807) is 0 Å². The van der Waals surface area contributed by atoms with Gasteiger partial charge in [-0.05, 0) is 32.1 Å². The molecule has 0 aromatic carbocycles. The summed E-state index contributed by atoms with van der Waals surface area (Å²) in [6.45, 7) is 4.34. The van der Waals surface area contributed by atoms with Crippen molar-refractivity contribution in [3.8, 4) is 0 Å². The van der Waals surface area contributed by atoms with Crippen molar-refractivity contribution >= 4 is 17.5 Å². The van der Waals surface area contributed by atoms with E-state index < -0.39 is 0 Å². The third-order valence-electron chi connectivity index (χ3n) is 3.69. The molecule has 3 nitrogen and oxygen atoms in total. The minimum Gasteiger partial charge on any atom is -0.373 e. The second kappa shape index (κ2) is 4.92. The summed E-state index contributed by atoms with van der Waals surface area (Å²) in [4.78, 5) is 13.8. The molecule has 0 saturated carbocycles. The zero-order chi connectivity index (χ0) is 11.6. The number of halogens is 1. The number of carbonyl (C=O) groups is 1. The van der Waals surface area contributed by atoms with Crippen LogP contribution < -0.4 is 0 Å². The molecular weight excluding hydrogens is 226 g/mol. The molecular formula is C12H20ClNO2. The summed E-state index contributed by atoms with van der Waals surface area (Å²) in [7, 11) is 0. The maximum Gasteiger partial charge on any atom is 0.240 e. The molecule has 2 fully saturated rings. The molecule has 2 atom stereocenters. The van der Waals surface area contributed by atoms with E-state index in [4.69, 9.17) is 16.3 Å². The molecule has 1 spiro atoms. The number of rotatable bonds is 2. The van der Waals surface area contributed by atoms with Gasteiger partial charge in [-0.1, -0.05) is 6.92 Å². The quantitative estimate of drug-likeness (QED) is 0.698. The average Bonchev–Trinajstić information content (AvgIpc) is 2.72. The molecule has 0 radical (unpaired) electrons. The van der Waals surface area contributed by atoms with Gasteiger partial charge in [-0.15, -0.1) is 11.6 Å². The van der Waals surface area contributed by atoms with Crippen molar-refractivity contribution in [2.75, 3.05) is 19.7 Å². The number of hydrogen-bond donors (Lipinski definition) is 0. The highest BCUT2D eigenvalue weighted by Crippen LogP contribution is 2.34.